The zero-order valence-corrected chi connectivity index (χ0v) is 19.3. The fourth-order valence-corrected chi connectivity index (χ4v) is 8.28. The molecule has 7 atom stereocenters. The van der Waals surface area contributed by atoms with Crippen LogP contribution >= 0.6 is 0 Å². The summed E-state index contributed by atoms with van der Waals surface area (Å²) in [5, 5.41) is 3.31. The van der Waals surface area contributed by atoms with Crippen LogP contribution in [0.4, 0.5) is 0 Å². The molecule has 0 unspecified atom stereocenters. The first-order chi connectivity index (χ1) is 13.1. The molecule has 0 radical (unpaired) electrons. The second-order valence-corrected chi connectivity index (χ2v) is 12.5. The Kier molecular flexibility index (Phi) is 5.17. The van der Waals surface area contributed by atoms with Gasteiger partial charge in [0.2, 0.25) is 5.91 Å². The third-order valence-electron chi connectivity index (χ3n) is 9.69. The van der Waals surface area contributed by atoms with Gasteiger partial charge in [-0.3, -0.25) is 4.79 Å². The zero-order valence-electron chi connectivity index (χ0n) is 19.3. The summed E-state index contributed by atoms with van der Waals surface area (Å²) >= 11 is 0. The molecule has 0 aromatic heterocycles. The number of nitrogens with zero attached hydrogens (tertiary/aromatic N) is 1. The van der Waals surface area contributed by atoms with E-state index in [4.69, 9.17) is 0 Å². The first-order valence-corrected chi connectivity index (χ1v) is 12.0. The van der Waals surface area contributed by atoms with Crippen molar-refractivity contribution in [3.63, 3.8) is 0 Å². The Bertz CT molecular complexity index is 610. The molecule has 0 aromatic rings. The van der Waals surface area contributed by atoms with Crippen LogP contribution in [0.5, 0.6) is 0 Å². The number of carbonyl (C=O) groups is 1. The number of hydrogen-bond acceptors (Lipinski definition) is 2. The lowest BCUT2D eigenvalue weighted by molar-refractivity contribution is -0.140. The second-order valence-electron chi connectivity index (χ2n) is 12.5. The molecule has 0 spiro atoms. The standard InChI is InChI=1S/C25H44N2O/c1-23(2,3)16-26-22(28)20-10-9-18-17-8-11-21-25(5,13-7-15-27(21)6)19(17)12-14-24(18,20)4/h17-21H,7-16H2,1-6H3,(H,26,28)/t17-,18-,19-,20+,21+,24-,25+/m0/s1. The fraction of sp³-hybridized carbons (Fsp3) is 0.960. The number of piperidine rings is 1. The number of carbonyl (C=O) groups excluding carboxylic acids is 1. The third kappa shape index (κ3) is 3.24. The number of rotatable bonds is 2. The smallest absolute Gasteiger partial charge is 0.223 e. The first kappa shape index (κ1) is 20.7. The topological polar surface area (TPSA) is 32.3 Å². The molecule has 1 heterocycles. The number of nitrogens with one attached hydrogen (secondary N) is 1. The van der Waals surface area contributed by atoms with E-state index in [1.807, 2.05) is 0 Å². The van der Waals surface area contributed by atoms with Gasteiger partial charge in [0.1, 0.15) is 0 Å². The monoisotopic (exact) mass is 388 g/mol. The van der Waals surface area contributed by atoms with E-state index in [-0.39, 0.29) is 16.7 Å². The van der Waals surface area contributed by atoms with Crippen LogP contribution in [-0.4, -0.2) is 37.0 Å². The maximum atomic E-state index is 13.1. The van der Waals surface area contributed by atoms with Gasteiger partial charge in [-0.2, -0.15) is 0 Å². The van der Waals surface area contributed by atoms with Crippen molar-refractivity contribution >= 4 is 5.91 Å². The first-order valence-electron chi connectivity index (χ1n) is 12.0. The maximum absolute atomic E-state index is 13.1. The van der Waals surface area contributed by atoms with Crippen LogP contribution in [0.2, 0.25) is 0 Å². The van der Waals surface area contributed by atoms with E-state index in [2.05, 4.69) is 51.9 Å². The van der Waals surface area contributed by atoms with E-state index in [0.29, 0.717) is 11.3 Å². The summed E-state index contributed by atoms with van der Waals surface area (Å²) in [6.07, 6.45) is 10.6. The average molecular weight is 389 g/mol. The third-order valence-corrected chi connectivity index (χ3v) is 9.69. The molecule has 1 amide bonds. The fourth-order valence-electron chi connectivity index (χ4n) is 8.28. The summed E-state index contributed by atoms with van der Waals surface area (Å²) in [7, 11) is 2.36. The van der Waals surface area contributed by atoms with Crippen LogP contribution in [0.15, 0.2) is 0 Å². The molecule has 160 valence electrons. The molecule has 4 rings (SSSR count). The van der Waals surface area contributed by atoms with Gasteiger partial charge in [0.05, 0.1) is 0 Å². The van der Waals surface area contributed by atoms with Gasteiger partial charge in [0.15, 0.2) is 0 Å². The Morgan fingerprint density at radius 3 is 2.43 bits per heavy atom. The number of fused-ring (bicyclic) bond motifs is 5. The molecule has 4 aliphatic rings. The number of likely N-dealkylation sites (tertiary alicyclic amines) is 1. The predicted molar refractivity (Wildman–Crippen MR) is 116 cm³/mol. The van der Waals surface area contributed by atoms with Crippen LogP contribution in [0.25, 0.3) is 0 Å². The lowest BCUT2D eigenvalue weighted by atomic mass is 9.47. The van der Waals surface area contributed by atoms with Gasteiger partial charge in [0, 0.05) is 18.5 Å². The molecule has 3 heteroatoms. The Labute approximate surface area is 173 Å². The van der Waals surface area contributed by atoms with Crippen molar-refractivity contribution in [1.29, 1.82) is 0 Å². The quantitative estimate of drug-likeness (QED) is 0.713. The van der Waals surface area contributed by atoms with Gasteiger partial charge >= 0.3 is 0 Å². The molecule has 0 aromatic carbocycles. The van der Waals surface area contributed by atoms with Crippen molar-refractivity contribution in [2.24, 2.45) is 39.9 Å². The van der Waals surface area contributed by atoms with Gasteiger partial charge in [-0.1, -0.05) is 34.6 Å². The lowest BCUT2D eigenvalue weighted by Crippen LogP contribution is -2.60. The van der Waals surface area contributed by atoms with Gasteiger partial charge < -0.3 is 10.2 Å². The van der Waals surface area contributed by atoms with E-state index in [1.165, 1.54) is 51.5 Å². The molecule has 3 saturated carbocycles. The van der Waals surface area contributed by atoms with Crippen molar-refractivity contribution in [2.45, 2.75) is 92.0 Å². The van der Waals surface area contributed by atoms with E-state index < -0.39 is 0 Å². The minimum Gasteiger partial charge on any atom is -0.355 e. The largest absolute Gasteiger partial charge is 0.355 e. The van der Waals surface area contributed by atoms with Crippen molar-refractivity contribution in [1.82, 2.24) is 10.2 Å². The summed E-state index contributed by atoms with van der Waals surface area (Å²) in [4.78, 5) is 15.8. The predicted octanol–water partition coefficient (Wildman–Crippen LogP) is 5.10. The van der Waals surface area contributed by atoms with Gasteiger partial charge in [0.25, 0.3) is 0 Å². The highest BCUT2D eigenvalue weighted by molar-refractivity contribution is 5.80. The molecule has 28 heavy (non-hydrogen) atoms. The van der Waals surface area contributed by atoms with Crippen molar-refractivity contribution in [3.05, 3.63) is 0 Å². The van der Waals surface area contributed by atoms with E-state index in [9.17, 15) is 4.79 Å². The summed E-state index contributed by atoms with van der Waals surface area (Å²) < 4.78 is 0. The molecular formula is C25H44N2O. The van der Waals surface area contributed by atoms with Crippen molar-refractivity contribution < 1.29 is 4.79 Å². The van der Waals surface area contributed by atoms with E-state index in [0.717, 1.165) is 36.8 Å². The van der Waals surface area contributed by atoms with Crippen LogP contribution < -0.4 is 5.32 Å². The zero-order chi connectivity index (χ0) is 20.3. The molecule has 1 N–H and O–H groups in total. The van der Waals surface area contributed by atoms with Crippen molar-refractivity contribution in [2.75, 3.05) is 20.1 Å². The highest BCUT2D eigenvalue weighted by Crippen LogP contribution is 2.66. The number of hydrogen-bond donors (Lipinski definition) is 1. The Balaban J connectivity index is 1.51. The summed E-state index contributed by atoms with van der Waals surface area (Å²) in [6.45, 7) is 13.8. The molecule has 3 aliphatic carbocycles. The second kappa shape index (κ2) is 7.00. The Morgan fingerprint density at radius 2 is 1.71 bits per heavy atom. The molecule has 4 fully saturated rings. The van der Waals surface area contributed by atoms with Crippen LogP contribution in [0, 0.1) is 39.9 Å². The summed E-state index contributed by atoms with van der Waals surface area (Å²) in [5.41, 5.74) is 0.892. The van der Waals surface area contributed by atoms with Gasteiger partial charge in [-0.15, -0.1) is 0 Å². The van der Waals surface area contributed by atoms with Crippen molar-refractivity contribution in [3.8, 4) is 0 Å². The highest BCUT2D eigenvalue weighted by atomic mass is 16.1. The van der Waals surface area contributed by atoms with Crippen LogP contribution in [0.1, 0.15) is 86.0 Å². The molecular weight excluding hydrogens is 344 g/mol. The molecule has 3 nitrogen and oxygen atoms in total. The molecule has 0 bridgehead atoms. The minimum atomic E-state index is 0.159. The summed E-state index contributed by atoms with van der Waals surface area (Å²) in [6, 6.07) is 0.791. The lowest BCUT2D eigenvalue weighted by Gasteiger charge is -2.62. The van der Waals surface area contributed by atoms with Crippen LogP contribution in [0.3, 0.4) is 0 Å². The Hall–Kier alpha value is -0.570. The number of amides is 1. The van der Waals surface area contributed by atoms with Gasteiger partial charge in [-0.05, 0) is 99.0 Å². The van der Waals surface area contributed by atoms with E-state index >= 15 is 0 Å². The minimum absolute atomic E-state index is 0.159. The highest BCUT2D eigenvalue weighted by Gasteiger charge is 2.61. The van der Waals surface area contributed by atoms with Crippen LogP contribution in [-0.2, 0) is 4.79 Å². The molecule has 1 aliphatic heterocycles. The Morgan fingerprint density at radius 1 is 1.00 bits per heavy atom. The SMILES string of the molecule is CN1CCC[C@]2(C)[C@H]3CC[C@]4(C)[C@@H](C(=O)NCC(C)(C)C)CC[C@H]4[C@@H]3CC[C@@H]12. The van der Waals surface area contributed by atoms with Gasteiger partial charge in [-0.25, -0.2) is 0 Å². The summed E-state index contributed by atoms with van der Waals surface area (Å²) in [5.74, 6) is 3.08. The average Bonchev–Trinajstić information content (AvgIpc) is 2.96. The molecule has 1 saturated heterocycles. The maximum Gasteiger partial charge on any atom is 0.223 e. The normalized spacial score (nSPS) is 46.4. The van der Waals surface area contributed by atoms with E-state index in [1.54, 1.807) is 0 Å².